The van der Waals surface area contributed by atoms with Crippen LogP contribution in [0.15, 0.2) is 29.3 Å². The molecule has 0 radical (unpaired) electrons. The van der Waals surface area contributed by atoms with E-state index < -0.39 is 12.7 Å². The molecule has 1 aliphatic carbocycles. The second kappa shape index (κ2) is 12.4. The SMILES string of the molecule is CCNC(=NCC1(CCOC)CC1)NCC(O)c1ccc(OC(F)F)cc1.I. The Bertz CT molecular complexity index is 599. The highest BCUT2D eigenvalue weighted by molar-refractivity contribution is 14.0. The summed E-state index contributed by atoms with van der Waals surface area (Å²) in [4.78, 5) is 4.64. The first-order valence-corrected chi connectivity index (χ1v) is 9.22. The maximum atomic E-state index is 12.2. The molecule has 2 rings (SSSR count). The molecule has 160 valence electrons. The van der Waals surface area contributed by atoms with Gasteiger partial charge in [0.25, 0.3) is 0 Å². The Morgan fingerprint density at radius 1 is 1.25 bits per heavy atom. The van der Waals surface area contributed by atoms with Gasteiger partial charge in [0, 0.05) is 33.4 Å². The molecule has 9 heteroatoms. The van der Waals surface area contributed by atoms with Crippen LogP contribution in [0.5, 0.6) is 5.75 Å². The molecule has 1 aliphatic rings. The molecule has 0 aromatic heterocycles. The summed E-state index contributed by atoms with van der Waals surface area (Å²) in [7, 11) is 1.71. The summed E-state index contributed by atoms with van der Waals surface area (Å²) in [6, 6.07) is 5.96. The van der Waals surface area contributed by atoms with Crippen LogP contribution in [-0.2, 0) is 4.74 Å². The molecule has 0 saturated heterocycles. The summed E-state index contributed by atoms with van der Waals surface area (Å²) in [6.07, 6.45) is 2.53. The van der Waals surface area contributed by atoms with Crippen LogP contribution < -0.4 is 15.4 Å². The topological polar surface area (TPSA) is 75.1 Å². The third kappa shape index (κ3) is 8.44. The number of benzene rings is 1. The monoisotopic (exact) mass is 513 g/mol. The fourth-order valence-corrected chi connectivity index (χ4v) is 2.75. The van der Waals surface area contributed by atoms with Crippen molar-refractivity contribution in [1.29, 1.82) is 0 Å². The first-order chi connectivity index (χ1) is 13.0. The third-order valence-corrected chi connectivity index (χ3v) is 4.66. The number of nitrogens with zero attached hydrogens (tertiary/aromatic N) is 1. The number of nitrogens with one attached hydrogen (secondary N) is 2. The van der Waals surface area contributed by atoms with Crippen LogP contribution in [-0.4, -0.2) is 51.0 Å². The van der Waals surface area contributed by atoms with Crippen molar-refractivity contribution in [1.82, 2.24) is 10.6 Å². The van der Waals surface area contributed by atoms with Gasteiger partial charge in [-0.15, -0.1) is 24.0 Å². The zero-order valence-electron chi connectivity index (χ0n) is 16.3. The summed E-state index contributed by atoms with van der Waals surface area (Å²) in [6.45, 7) is 1.55. The van der Waals surface area contributed by atoms with Crippen LogP contribution in [0.4, 0.5) is 8.78 Å². The number of rotatable bonds is 11. The first-order valence-electron chi connectivity index (χ1n) is 9.22. The Morgan fingerprint density at radius 2 is 1.93 bits per heavy atom. The van der Waals surface area contributed by atoms with Gasteiger partial charge in [-0.1, -0.05) is 12.1 Å². The number of hydrogen-bond acceptors (Lipinski definition) is 4. The third-order valence-electron chi connectivity index (χ3n) is 4.66. The fraction of sp³-hybridized carbons (Fsp3) is 0.632. The van der Waals surface area contributed by atoms with Crippen molar-refractivity contribution in [3.05, 3.63) is 29.8 Å². The van der Waals surface area contributed by atoms with Gasteiger partial charge < -0.3 is 25.2 Å². The van der Waals surface area contributed by atoms with E-state index in [9.17, 15) is 13.9 Å². The minimum absolute atomic E-state index is 0. The smallest absolute Gasteiger partial charge is 0.387 e. The van der Waals surface area contributed by atoms with E-state index in [1.54, 1.807) is 19.2 Å². The van der Waals surface area contributed by atoms with Crippen molar-refractivity contribution in [3.63, 3.8) is 0 Å². The van der Waals surface area contributed by atoms with Crippen molar-refractivity contribution >= 4 is 29.9 Å². The molecular formula is C19H30F2IN3O3. The van der Waals surface area contributed by atoms with Crippen LogP contribution in [0.1, 0.15) is 37.9 Å². The average Bonchev–Trinajstić information content (AvgIpc) is 3.42. The Balaban J connectivity index is 0.00000392. The molecule has 0 amide bonds. The number of ether oxygens (including phenoxy) is 2. The average molecular weight is 513 g/mol. The standard InChI is InChI=1S/C19H29F2N3O3.HI/c1-3-22-18(24-13-19(8-9-19)10-11-26-2)23-12-16(25)14-4-6-15(7-5-14)27-17(20)21;/h4-7,16-17,25H,3,8-13H2,1-2H3,(H2,22,23,24);1H. The zero-order valence-corrected chi connectivity index (χ0v) is 18.6. The molecule has 1 atom stereocenters. The van der Waals surface area contributed by atoms with Crippen molar-refractivity contribution in [2.24, 2.45) is 10.4 Å². The number of aliphatic hydroxyl groups excluding tert-OH is 1. The van der Waals surface area contributed by atoms with Crippen LogP contribution in [0, 0.1) is 5.41 Å². The Morgan fingerprint density at radius 3 is 2.46 bits per heavy atom. The molecule has 1 unspecified atom stereocenters. The molecule has 0 spiro atoms. The van der Waals surface area contributed by atoms with Crippen molar-refractivity contribution in [2.45, 2.75) is 38.9 Å². The van der Waals surface area contributed by atoms with Crippen LogP contribution in [0.3, 0.4) is 0 Å². The maximum Gasteiger partial charge on any atom is 0.387 e. The molecule has 0 heterocycles. The molecule has 1 saturated carbocycles. The van der Waals surface area contributed by atoms with Gasteiger partial charge in [-0.3, -0.25) is 4.99 Å². The number of guanidine groups is 1. The van der Waals surface area contributed by atoms with Crippen molar-refractivity contribution in [2.75, 3.05) is 33.4 Å². The molecule has 6 nitrogen and oxygen atoms in total. The summed E-state index contributed by atoms with van der Waals surface area (Å²) < 4.78 is 33.8. The van der Waals surface area contributed by atoms with E-state index in [4.69, 9.17) is 4.74 Å². The van der Waals surface area contributed by atoms with Gasteiger partial charge in [0.05, 0.1) is 6.10 Å². The zero-order chi connectivity index (χ0) is 19.7. The molecule has 1 aromatic rings. The van der Waals surface area contributed by atoms with E-state index in [0.29, 0.717) is 18.1 Å². The lowest BCUT2D eigenvalue weighted by Gasteiger charge is -2.17. The van der Waals surface area contributed by atoms with Gasteiger partial charge >= 0.3 is 6.61 Å². The largest absolute Gasteiger partial charge is 0.435 e. The highest BCUT2D eigenvalue weighted by Gasteiger charge is 2.41. The summed E-state index contributed by atoms with van der Waals surface area (Å²) in [5.41, 5.74) is 0.857. The van der Waals surface area contributed by atoms with Gasteiger partial charge in [-0.2, -0.15) is 8.78 Å². The lowest BCUT2D eigenvalue weighted by Crippen LogP contribution is -2.39. The van der Waals surface area contributed by atoms with E-state index in [1.807, 2.05) is 6.92 Å². The van der Waals surface area contributed by atoms with Gasteiger partial charge in [0.1, 0.15) is 5.75 Å². The van der Waals surface area contributed by atoms with Crippen LogP contribution in [0.25, 0.3) is 0 Å². The van der Waals surface area contributed by atoms with Gasteiger partial charge in [-0.25, -0.2) is 0 Å². The van der Waals surface area contributed by atoms with Gasteiger partial charge in [-0.05, 0) is 49.3 Å². The first kappa shape index (κ1) is 24.8. The van der Waals surface area contributed by atoms with Gasteiger partial charge in [0.15, 0.2) is 5.96 Å². The molecule has 1 fully saturated rings. The van der Waals surface area contributed by atoms with E-state index in [-0.39, 0.29) is 41.7 Å². The summed E-state index contributed by atoms with van der Waals surface area (Å²) in [5.74, 6) is 0.715. The van der Waals surface area contributed by atoms with Crippen LogP contribution in [0.2, 0.25) is 0 Å². The summed E-state index contributed by atoms with van der Waals surface area (Å²) in [5, 5.41) is 16.6. The minimum atomic E-state index is -2.86. The Kier molecular flexibility index (Phi) is 11.0. The predicted molar refractivity (Wildman–Crippen MR) is 116 cm³/mol. The number of halogens is 3. The number of aliphatic imine (C=N–C) groups is 1. The second-order valence-electron chi connectivity index (χ2n) is 6.78. The van der Waals surface area contributed by atoms with E-state index >= 15 is 0 Å². The van der Waals surface area contributed by atoms with E-state index in [1.165, 1.54) is 12.1 Å². The fourth-order valence-electron chi connectivity index (χ4n) is 2.75. The lowest BCUT2D eigenvalue weighted by atomic mass is 10.0. The summed E-state index contributed by atoms with van der Waals surface area (Å²) >= 11 is 0. The predicted octanol–water partition coefficient (Wildman–Crippen LogP) is 3.31. The Labute approximate surface area is 182 Å². The number of methoxy groups -OCH3 is 1. The molecule has 0 bridgehead atoms. The number of alkyl halides is 2. The van der Waals surface area contributed by atoms with Crippen LogP contribution >= 0.6 is 24.0 Å². The maximum absolute atomic E-state index is 12.2. The second-order valence-corrected chi connectivity index (χ2v) is 6.78. The van der Waals surface area contributed by atoms with E-state index in [0.717, 1.165) is 32.4 Å². The molecule has 28 heavy (non-hydrogen) atoms. The minimum Gasteiger partial charge on any atom is -0.435 e. The molecule has 3 N–H and O–H groups in total. The highest BCUT2D eigenvalue weighted by atomic mass is 127. The molecular weight excluding hydrogens is 483 g/mol. The molecule has 0 aliphatic heterocycles. The molecule has 1 aromatic carbocycles. The normalized spacial score (nSPS) is 16.3. The number of aliphatic hydroxyl groups is 1. The van der Waals surface area contributed by atoms with E-state index in [2.05, 4.69) is 20.4 Å². The van der Waals surface area contributed by atoms with Crippen molar-refractivity contribution in [3.8, 4) is 5.75 Å². The van der Waals surface area contributed by atoms with Crippen molar-refractivity contribution < 1.29 is 23.4 Å². The lowest BCUT2D eigenvalue weighted by molar-refractivity contribution is -0.0498. The quantitative estimate of drug-likeness (QED) is 0.241. The number of hydrogen-bond donors (Lipinski definition) is 3. The Hall–Kier alpha value is -1.20. The highest BCUT2D eigenvalue weighted by Crippen LogP contribution is 2.48. The van der Waals surface area contributed by atoms with Gasteiger partial charge in [0.2, 0.25) is 0 Å².